The average molecular weight is 389 g/mol. The molecule has 29 heavy (non-hydrogen) atoms. The fourth-order valence-electron chi connectivity index (χ4n) is 4.08. The second-order valence-electron chi connectivity index (χ2n) is 7.65. The number of pyridine rings is 1. The number of benzene rings is 2. The summed E-state index contributed by atoms with van der Waals surface area (Å²) in [5, 5.41) is 11.9. The minimum Gasteiger partial charge on any atom is -0.488 e. The first kappa shape index (κ1) is 19.5. The fraction of sp³-hybridized carbons (Fsp3) is 0.320. The Kier molecular flexibility index (Phi) is 5.81. The number of aromatic nitrogens is 1. The number of unbranched alkanes of at least 4 members (excludes halogenated alkanes) is 2. The third kappa shape index (κ3) is 3.99. The molecule has 2 aromatic carbocycles. The number of anilines is 1. The molecule has 1 atom stereocenters. The maximum atomic E-state index is 11.9. The molecule has 150 valence electrons. The van der Waals surface area contributed by atoms with Gasteiger partial charge in [-0.15, -0.1) is 0 Å². The molecule has 1 aliphatic rings. The van der Waals surface area contributed by atoms with Crippen molar-refractivity contribution in [3.05, 3.63) is 89.7 Å². The van der Waals surface area contributed by atoms with Crippen molar-refractivity contribution < 1.29 is 9.84 Å². The molecule has 4 rings (SSSR count). The number of aliphatic hydroxyl groups is 1. The van der Waals surface area contributed by atoms with E-state index in [4.69, 9.17) is 4.74 Å². The third-order valence-electron chi connectivity index (χ3n) is 5.61. The fourth-order valence-corrected chi connectivity index (χ4v) is 4.08. The van der Waals surface area contributed by atoms with E-state index in [1.54, 1.807) is 12.4 Å². The van der Waals surface area contributed by atoms with Crippen LogP contribution in [0.5, 0.6) is 5.75 Å². The van der Waals surface area contributed by atoms with Gasteiger partial charge in [-0.3, -0.25) is 4.98 Å². The minimum atomic E-state index is -1.14. The van der Waals surface area contributed by atoms with Gasteiger partial charge in [-0.2, -0.15) is 0 Å². The second-order valence-corrected chi connectivity index (χ2v) is 7.65. The maximum absolute atomic E-state index is 11.9. The van der Waals surface area contributed by atoms with Gasteiger partial charge in [0.2, 0.25) is 0 Å². The molecule has 0 radical (unpaired) electrons. The Balaban J connectivity index is 1.63. The van der Waals surface area contributed by atoms with Crippen molar-refractivity contribution in [3.8, 4) is 5.75 Å². The predicted octanol–water partition coefficient (Wildman–Crippen LogP) is 4.91. The Morgan fingerprint density at radius 2 is 1.79 bits per heavy atom. The van der Waals surface area contributed by atoms with E-state index in [9.17, 15) is 5.11 Å². The van der Waals surface area contributed by atoms with Gasteiger partial charge in [-0.05, 0) is 24.1 Å². The highest BCUT2D eigenvalue weighted by Gasteiger charge is 2.44. The summed E-state index contributed by atoms with van der Waals surface area (Å²) in [6, 6.07) is 20.1. The number of rotatable bonds is 8. The quantitative estimate of drug-likeness (QED) is 0.557. The van der Waals surface area contributed by atoms with Gasteiger partial charge in [-0.25, -0.2) is 0 Å². The van der Waals surface area contributed by atoms with Crippen LogP contribution in [0.25, 0.3) is 0 Å². The maximum Gasteiger partial charge on any atom is 0.139 e. The van der Waals surface area contributed by atoms with E-state index in [0.717, 1.165) is 35.3 Å². The molecule has 1 aliphatic heterocycles. The molecular formula is C25H28N2O2. The number of hydrogen-bond donors (Lipinski definition) is 1. The van der Waals surface area contributed by atoms with Crippen LogP contribution >= 0.6 is 0 Å². The lowest BCUT2D eigenvalue weighted by Crippen LogP contribution is -2.35. The van der Waals surface area contributed by atoms with Gasteiger partial charge in [0.05, 0.1) is 12.1 Å². The molecule has 3 aromatic rings. The largest absolute Gasteiger partial charge is 0.488 e. The van der Waals surface area contributed by atoms with Crippen LogP contribution in [0, 0.1) is 0 Å². The van der Waals surface area contributed by atoms with E-state index in [1.165, 1.54) is 12.8 Å². The van der Waals surface area contributed by atoms with Gasteiger partial charge in [-0.1, -0.05) is 68.3 Å². The molecule has 4 heteroatoms. The molecule has 0 saturated carbocycles. The van der Waals surface area contributed by atoms with Crippen molar-refractivity contribution in [2.75, 3.05) is 18.0 Å². The van der Waals surface area contributed by atoms with Gasteiger partial charge in [0.1, 0.15) is 18.0 Å². The van der Waals surface area contributed by atoms with Gasteiger partial charge in [0, 0.05) is 30.2 Å². The molecule has 0 bridgehead atoms. The summed E-state index contributed by atoms with van der Waals surface area (Å²) < 4.78 is 6.13. The van der Waals surface area contributed by atoms with Gasteiger partial charge in [0.25, 0.3) is 0 Å². The van der Waals surface area contributed by atoms with Crippen LogP contribution in [-0.2, 0) is 12.2 Å². The molecule has 0 spiro atoms. The number of ether oxygens (including phenoxy) is 1. The summed E-state index contributed by atoms with van der Waals surface area (Å²) in [6.45, 7) is 4.12. The minimum absolute atomic E-state index is 0.454. The SMILES string of the molecule is CCCCCN1CC(O)(c2cnccc2OCc2ccccc2)c2ccccc21. The van der Waals surface area contributed by atoms with Crippen molar-refractivity contribution in [2.24, 2.45) is 0 Å². The zero-order valence-electron chi connectivity index (χ0n) is 16.9. The molecule has 0 aliphatic carbocycles. The number of fused-ring (bicyclic) bond motifs is 1. The summed E-state index contributed by atoms with van der Waals surface area (Å²) in [5.74, 6) is 0.677. The predicted molar refractivity (Wildman–Crippen MR) is 116 cm³/mol. The Morgan fingerprint density at radius 1 is 1.00 bits per heavy atom. The van der Waals surface area contributed by atoms with E-state index in [-0.39, 0.29) is 0 Å². The van der Waals surface area contributed by atoms with E-state index >= 15 is 0 Å². The Labute approximate surface area is 172 Å². The third-order valence-corrected chi connectivity index (χ3v) is 5.61. The Bertz CT molecular complexity index is 944. The van der Waals surface area contributed by atoms with Crippen molar-refractivity contribution in [1.29, 1.82) is 0 Å². The smallest absolute Gasteiger partial charge is 0.139 e. The molecule has 1 aromatic heterocycles. The lowest BCUT2D eigenvalue weighted by atomic mass is 9.88. The van der Waals surface area contributed by atoms with Crippen molar-refractivity contribution in [1.82, 2.24) is 4.98 Å². The van der Waals surface area contributed by atoms with Gasteiger partial charge < -0.3 is 14.7 Å². The molecule has 0 fully saturated rings. The van der Waals surface area contributed by atoms with Crippen LogP contribution in [0.1, 0.15) is 42.9 Å². The monoisotopic (exact) mass is 388 g/mol. The molecule has 1 N–H and O–H groups in total. The zero-order valence-corrected chi connectivity index (χ0v) is 16.9. The molecule has 0 saturated heterocycles. The van der Waals surface area contributed by atoms with Crippen LogP contribution < -0.4 is 9.64 Å². The van der Waals surface area contributed by atoms with E-state index in [1.807, 2.05) is 54.6 Å². The van der Waals surface area contributed by atoms with Gasteiger partial charge in [0.15, 0.2) is 0 Å². The van der Waals surface area contributed by atoms with E-state index in [2.05, 4.69) is 22.9 Å². The first-order valence-electron chi connectivity index (χ1n) is 10.4. The second kappa shape index (κ2) is 8.66. The number of β-amino-alcohol motifs (C(OH)–C–C–N with tert-alkyl or cyclic N) is 1. The zero-order chi connectivity index (χ0) is 20.1. The summed E-state index contributed by atoms with van der Waals surface area (Å²) in [7, 11) is 0. The molecule has 2 heterocycles. The van der Waals surface area contributed by atoms with E-state index < -0.39 is 5.60 Å². The highest BCUT2D eigenvalue weighted by atomic mass is 16.5. The number of para-hydroxylation sites is 1. The van der Waals surface area contributed by atoms with Crippen LogP contribution in [0.3, 0.4) is 0 Å². The van der Waals surface area contributed by atoms with Gasteiger partial charge >= 0.3 is 0 Å². The van der Waals surface area contributed by atoms with Crippen LogP contribution in [-0.4, -0.2) is 23.2 Å². The van der Waals surface area contributed by atoms with Crippen molar-refractivity contribution in [3.63, 3.8) is 0 Å². The van der Waals surface area contributed by atoms with Crippen LogP contribution in [0.2, 0.25) is 0 Å². The Hall–Kier alpha value is -2.85. The van der Waals surface area contributed by atoms with E-state index in [0.29, 0.717) is 18.9 Å². The van der Waals surface area contributed by atoms with Crippen LogP contribution in [0.4, 0.5) is 5.69 Å². The average Bonchev–Trinajstić information content (AvgIpc) is 3.07. The number of hydrogen-bond acceptors (Lipinski definition) is 4. The molecule has 0 amide bonds. The summed E-state index contributed by atoms with van der Waals surface area (Å²) in [5.41, 5.74) is 2.71. The molecule has 4 nitrogen and oxygen atoms in total. The van der Waals surface area contributed by atoms with Crippen LogP contribution in [0.15, 0.2) is 73.1 Å². The molecular weight excluding hydrogens is 360 g/mol. The summed E-state index contributed by atoms with van der Waals surface area (Å²) >= 11 is 0. The Morgan fingerprint density at radius 3 is 2.62 bits per heavy atom. The standard InChI is InChI=1S/C25H28N2O2/c1-2-3-9-16-27-19-25(28,21-12-7-8-13-23(21)27)22-17-26-15-14-24(22)29-18-20-10-5-4-6-11-20/h4-8,10-15,17,28H,2-3,9,16,18-19H2,1H3. The first-order chi connectivity index (χ1) is 14.2. The lowest BCUT2D eigenvalue weighted by molar-refractivity contribution is 0.0929. The topological polar surface area (TPSA) is 45.6 Å². The van der Waals surface area contributed by atoms with Crippen molar-refractivity contribution >= 4 is 5.69 Å². The summed E-state index contributed by atoms with van der Waals surface area (Å²) in [4.78, 5) is 6.60. The number of nitrogens with zero attached hydrogens (tertiary/aromatic N) is 2. The summed E-state index contributed by atoms with van der Waals surface area (Å²) in [6.07, 6.45) is 6.94. The first-order valence-corrected chi connectivity index (χ1v) is 10.4. The highest BCUT2D eigenvalue weighted by Crippen LogP contribution is 2.45. The molecule has 1 unspecified atom stereocenters. The lowest BCUT2D eigenvalue weighted by Gasteiger charge is -2.27. The van der Waals surface area contributed by atoms with Crippen molar-refractivity contribution in [2.45, 2.75) is 38.4 Å². The normalized spacial score (nSPS) is 17.9. The highest BCUT2D eigenvalue weighted by molar-refractivity contribution is 5.65.